The lowest BCUT2D eigenvalue weighted by atomic mass is 10.0. The summed E-state index contributed by atoms with van der Waals surface area (Å²) in [6, 6.07) is 9.19. The largest absolute Gasteiger partial charge is 0.410 e. The Hall–Kier alpha value is -2.55. The van der Waals surface area contributed by atoms with E-state index >= 15 is 0 Å². The van der Waals surface area contributed by atoms with Crippen molar-refractivity contribution in [3.8, 4) is 0 Å². The number of likely N-dealkylation sites (tertiary alicyclic amines) is 1. The molecule has 1 saturated heterocycles. The molecule has 0 radical (unpaired) electrons. The molecule has 0 spiro atoms. The first-order valence-electron chi connectivity index (χ1n) is 10.3. The van der Waals surface area contributed by atoms with Gasteiger partial charge in [0.15, 0.2) is 6.04 Å². The Bertz CT molecular complexity index is 883. The molecule has 2 aliphatic rings. The van der Waals surface area contributed by atoms with Crippen molar-refractivity contribution in [1.29, 1.82) is 0 Å². The van der Waals surface area contributed by atoms with E-state index in [1.165, 1.54) is 0 Å². The molecule has 2 aliphatic heterocycles. The Balaban J connectivity index is 1.41. The van der Waals surface area contributed by atoms with Crippen LogP contribution in [0.4, 0.5) is 24.7 Å². The maximum atomic E-state index is 13.6. The summed E-state index contributed by atoms with van der Waals surface area (Å²) in [6.07, 6.45) is -2.95. The highest BCUT2D eigenvalue weighted by molar-refractivity contribution is 5.92. The lowest BCUT2D eigenvalue weighted by molar-refractivity contribution is -0.173. The van der Waals surface area contributed by atoms with Crippen LogP contribution in [0.15, 0.2) is 36.4 Å². The van der Waals surface area contributed by atoms with E-state index in [-0.39, 0.29) is 30.8 Å². The van der Waals surface area contributed by atoms with E-state index in [0.717, 1.165) is 16.8 Å². The summed E-state index contributed by atoms with van der Waals surface area (Å²) in [6.45, 7) is 3.45. The van der Waals surface area contributed by atoms with Gasteiger partial charge in [0.2, 0.25) is 5.91 Å². The minimum atomic E-state index is -4.33. The van der Waals surface area contributed by atoms with Crippen LogP contribution in [0.1, 0.15) is 43.8 Å². The molecule has 3 heterocycles. The number of fused-ring (bicyclic) bond motifs is 1. The minimum absolute atomic E-state index is 0.00936. The molecule has 6 nitrogen and oxygen atoms in total. The van der Waals surface area contributed by atoms with Gasteiger partial charge in [-0.15, -0.1) is 0 Å². The molecule has 0 unspecified atom stereocenters. The third kappa shape index (κ3) is 4.45. The van der Waals surface area contributed by atoms with E-state index in [9.17, 15) is 18.0 Å². The van der Waals surface area contributed by atoms with E-state index in [1.807, 2.05) is 42.2 Å². The summed E-state index contributed by atoms with van der Waals surface area (Å²) >= 11 is 0. The normalized spacial score (nSPS) is 24.3. The second kappa shape index (κ2) is 8.29. The van der Waals surface area contributed by atoms with E-state index in [4.69, 9.17) is 0 Å². The Morgan fingerprint density at radius 2 is 2.07 bits per heavy atom. The lowest BCUT2D eigenvalue weighted by Gasteiger charge is -2.32. The van der Waals surface area contributed by atoms with Crippen LogP contribution in [0, 0.1) is 0 Å². The first kappa shape index (κ1) is 20.7. The highest BCUT2D eigenvalue weighted by Crippen LogP contribution is 2.41. The first-order chi connectivity index (χ1) is 14.3. The molecule has 1 amide bonds. The summed E-state index contributed by atoms with van der Waals surface area (Å²) in [5.74, 6) is 0.352. The van der Waals surface area contributed by atoms with Crippen molar-refractivity contribution < 1.29 is 18.0 Å². The molecule has 4 rings (SSSR count). The number of rotatable bonds is 5. The number of para-hydroxylation sites is 1. The molecule has 0 bridgehead atoms. The molecule has 2 N–H and O–H groups in total. The van der Waals surface area contributed by atoms with Crippen molar-refractivity contribution >= 4 is 17.4 Å². The maximum absolute atomic E-state index is 13.6. The predicted octanol–water partition coefficient (Wildman–Crippen LogP) is 4.01. The topological polar surface area (TPSA) is 62.2 Å². The summed E-state index contributed by atoms with van der Waals surface area (Å²) in [4.78, 5) is 14.3. The fourth-order valence-electron chi connectivity index (χ4n) is 4.28. The van der Waals surface area contributed by atoms with Crippen molar-refractivity contribution in [3.05, 3.63) is 42.1 Å². The van der Waals surface area contributed by atoms with Gasteiger partial charge in [-0.25, -0.2) is 4.68 Å². The van der Waals surface area contributed by atoms with Crippen molar-refractivity contribution in [3.63, 3.8) is 0 Å². The second-order valence-electron chi connectivity index (χ2n) is 8.08. The molecule has 1 fully saturated rings. The smallest absolute Gasteiger partial charge is 0.367 e. The molecule has 0 saturated carbocycles. The van der Waals surface area contributed by atoms with Gasteiger partial charge in [-0.1, -0.05) is 25.1 Å². The Kier molecular flexibility index (Phi) is 5.73. The van der Waals surface area contributed by atoms with E-state index < -0.39 is 12.2 Å². The number of carbonyl (C=O) groups excluding carboxylic acids is 1. The third-order valence-corrected chi connectivity index (χ3v) is 5.90. The lowest BCUT2D eigenvalue weighted by Crippen LogP contribution is -2.38. The van der Waals surface area contributed by atoms with Crippen LogP contribution >= 0.6 is 0 Å². The van der Waals surface area contributed by atoms with Gasteiger partial charge in [0.05, 0.1) is 12.2 Å². The Labute approximate surface area is 173 Å². The molecular weight excluding hydrogens is 395 g/mol. The fourth-order valence-corrected chi connectivity index (χ4v) is 4.28. The van der Waals surface area contributed by atoms with Crippen LogP contribution in [-0.4, -0.2) is 52.4 Å². The Morgan fingerprint density at radius 3 is 2.77 bits per heavy atom. The number of carbonyl (C=O) groups is 1. The van der Waals surface area contributed by atoms with Gasteiger partial charge >= 0.3 is 6.18 Å². The first-order valence-corrected chi connectivity index (χ1v) is 10.3. The van der Waals surface area contributed by atoms with Gasteiger partial charge in [-0.3, -0.25) is 9.69 Å². The predicted molar refractivity (Wildman–Crippen MR) is 109 cm³/mol. The zero-order valence-corrected chi connectivity index (χ0v) is 16.8. The summed E-state index contributed by atoms with van der Waals surface area (Å²) in [5, 5.41) is 10.4. The van der Waals surface area contributed by atoms with Crippen molar-refractivity contribution in [2.75, 3.05) is 30.3 Å². The van der Waals surface area contributed by atoms with Gasteiger partial charge in [0.1, 0.15) is 5.82 Å². The van der Waals surface area contributed by atoms with Gasteiger partial charge in [-0.05, 0) is 37.9 Å². The van der Waals surface area contributed by atoms with Crippen molar-refractivity contribution in [2.45, 2.75) is 50.4 Å². The highest BCUT2D eigenvalue weighted by Gasteiger charge is 2.46. The van der Waals surface area contributed by atoms with Crippen LogP contribution in [0.5, 0.6) is 0 Å². The van der Waals surface area contributed by atoms with Crippen LogP contribution in [0.2, 0.25) is 0 Å². The molecular formula is C21H26F3N5O. The molecule has 9 heteroatoms. The molecule has 0 aliphatic carbocycles. The molecule has 3 atom stereocenters. The van der Waals surface area contributed by atoms with Crippen LogP contribution in [0.25, 0.3) is 0 Å². The molecule has 30 heavy (non-hydrogen) atoms. The SMILES string of the molecule is CC[C@@H]1C[C@@H](C(F)(F)F)n2nc([C@@H]3CCN(CC(=O)Nc4ccccc4)C3)cc2N1. The molecule has 162 valence electrons. The summed E-state index contributed by atoms with van der Waals surface area (Å²) in [5.41, 5.74) is 1.41. The molecule has 1 aromatic heterocycles. The van der Waals surface area contributed by atoms with Crippen LogP contribution < -0.4 is 10.6 Å². The zero-order chi connectivity index (χ0) is 21.3. The number of benzene rings is 1. The standard InChI is InChI=1S/C21H26F3N5O/c1-2-15-10-18(21(22,23)24)29-19(25-15)11-17(27-29)14-8-9-28(12-14)13-20(30)26-16-6-4-3-5-7-16/h3-7,11,14-15,18,25H,2,8-10,12-13H2,1H3,(H,26,30)/t14-,15-,18+/m1/s1. The van der Waals surface area contributed by atoms with Gasteiger partial charge in [-0.2, -0.15) is 18.3 Å². The molecule has 1 aromatic carbocycles. The molecule has 2 aromatic rings. The van der Waals surface area contributed by atoms with Crippen LogP contribution in [0.3, 0.4) is 0 Å². The Morgan fingerprint density at radius 1 is 1.30 bits per heavy atom. The summed E-state index contributed by atoms with van der Waals surface area (Å²) in [7, 11) is 0. The minimum Gasteiger partial charge on any atom is -0.367 e. The average Bonchev–Trinajstić information content (AvgIpc) is 3.33. The van der Waals surface area contributed by atoms with Crippen molar-refractivity contribution in [1.82, 2.24) is 14.7 Å². The van der Waals surface area contributed by atoms with Crippen LogP contribution in [-0.2, 0) is 4.79 Å². The third-order valence-electron chi connectivity index (χ3n) is 5.90. The summed E-state index contributed by atoms with van der Waals surface area (Å²) < 4.78 is 41.8. The number of anilines is 2. The monoisotopic (exact) mass is 421 g/mol. The fraction of sp³-hybridized carbons (Fsp3) is 0.524. The van der Waals surface area contributed by atoms with E-state index in [2.05, 4.69) is 15.7 Å². The number of amides is 1. The van der Waals surface area contributed by atoms with Crippen molar-refractivity contribution in [2.24, 2.45) is 0 Å². The number of nitrogens with zero attached hydrogens (tertiary/aromatic N) is 3. The van der Waals surface area contributed by atoms with E-state index in [0.29, 0.717) is 31.0 Å². The van der Waals surface area contributed by atoms with Gasteiger partial charge < -0.3 is 10.6 Å². The highest BCUT2D eigenvalue weighted by atomic mass is 19.4. The number of aromatic nitrogens is 2. The number of hydrogen-bond donors (Lipinski definition) is 2. The van der Waals surface area contributed by atoms with Gasteiger partial charge in [0.25, 0.3) is 0 Å². The number of halogens is 3. The number of hydrogen-bond acceptors (Lipinski definition) is 4. The quantitative estimate of drug-likeness (QED) is 0.766. The van der Waals surface area contributed by atoms with E-state index in [1.54, 1.807) is 6.07 Å². The van der Waals surface area contributed by atoms with Gasteiger partial charge in [0, 0.05) is 30.3 Å². The number of alkyl halides is 3. The maximum Gasteiger partial charge on any atom is 0.410 e. The zero-order valence-electron chi connectivity index (χ0n) is 16.8. The number of nitrogens with one attached hydrogen (secondary N) is 2. The average molecular weight is 421 g/mol. The second-order valence-corrected chi connectivity index (χ2v) is 8.08.